The van der Waals surface area contributed by atoms with E-state index in [2.05, 4.69) is 5.32 Å². The number of carbonyl (C=O) groups is 1. The van der Waals surface area contributed by atoms with Crippen molar-refractivity contribution in [1.29, 1.82) is 0 Å². The molecule has 1 amide bonds. The van der Waals surface area contributed by atoms with Gasteiger partial charge in [-0.25, -0.2) is 13.2 Å². The van der Waals surface area contributed by atoms with Crippen LogP contribution in [-0.2, 0) is 26.1 Å². The Morgan fingerprint density at radius 2 is 1.89 bits per heavy atom. The lowest BCUT2D eigenvalue weighted by molar-refractivity contribution is 0.0102. The molecule has 0 aliphatic carbocycles. The van der Waals surface area contributed by atoms with Crippen molar-refractivity contribution < 1.29 is 22.7 Å². The predicted octanol–water partition coefficient (Wildman–Crippen LogP) is 2.84. The van der Waals surface area contributed by atoms with E-state index in [9.17, 15) is 13.2 Å². The van der Waals surface area contributed by atoms with Crippen molar-refractivity contribution in [3.8, 4) is 0 Å². The molecule has 1 fully saturated rings. The molecule has 2 aromatic carbocycles. The van der Waals surface area contributed by atoms with Gasteiger partial charge in [0.05, 0.1) is 17.6 Å². The number of ether oxygens (including phenoxy) is 2. The zero-order valence-corrected chi connectivity index (χ0v) is 15.8. The first kappa shape index (κ1) is 19.3. The molecule has 1 aliphatic heterocycles. The lowest BCUT2D eigenvalue weighted by Gasteiger charge is -2.30. The molecular formula is C19H22N2O5S. The van der Waals surface area contributed by atoms with Gasteiger partial charge in [0.2, 0.25) is 10.0 Å². The molecule has 27 heavy (non-hydrogen) atoms. The molecule has 2 aromatic rings. The number of hydrogen-bond acceptors (Lipinski definition) is 5. The van der Waals surface area contributed by atoms with Crippen LogP contribution in [0.1, 0.15) is 12.5 Å². The molecule has 3 rings (SSSR count). The largest absolute Gasteiger partial charge is 0.444 e. The Bertz CT molecular complexity index is 869. The number of anilines is 1. The Morgan fingerprint density at radius 3 is 2.56 bits per heavy atom. The van der Waals surface area contributed by atoms with E-state index in [4.69, 9.17) is 9.47 Å². The first-order chi connectivity index (χ1) is 12.9. The molecule has 1 atom stereocenters. The summed E-state index contributed by atoms with van der Waals surface area (Å²) in [5.74, 6) is 0. The summed E-state index contributed by atoms with van der Waals surface area (Å²) < 4.78 is 37.3. The van der Waals surface area contributed by atoms with Crippen LogP contribution in [0.3, 0.4) is 0 Å². The maximum Gasteiger partial charge on any atom is 0.411 e. The normalized spacial score (nSPS) is 18.0. The maximum absolute atomic E-state index is 12.7. The fourth-order valence-corrected chi connectivity index (χ4v) is 4.24. The number of nitrogens with zero attached hydrogens (tertiary/aromatic N) is 1. The van der Waals surface area contributed by atoms with Crippen molar-refractivity contribution in [2.75, 3.05) is 25.0 Å². The smallest absolute Gasteiger partial charge is 0.411 e. The summed E-state index contributed by atoms with van der Waals surface area (Å²) in [6, 6.07) is 15.4. The van der Waals surface area contributed by atoms with E-state index < -0.39 is 16.1 Å². The van der Waals surface area contributed by atoms with Crippen LogP contribution < -0.4 is 5.32 Å². The van der Waals surface area contributed by atoms with Crippen LogP contribution in [0.15, 0.2) is 59.5 Å². The van der Waals surface area contributed by atoms with Crippen LogP contribution in [0, 0.1) is 0 Å². The van der Waals surface area contributed by atoms with Crippen LogP contribution in [0.4, 0.5) is 10.5 Å². The molecule has 7 nitrogen and oxygen atoms in total. The molecule has 1 saturated heterocycles. The van der Waals surface area contributed by atoms with Gasteiger partial charge in [0, 0.05) is 18.8 Å². The number of hydrogen-bond donors (Lipinski definition) is 1. The molecule has 0 aromatic heterocycles. The van der Waals surface area contributed by atoms with E-state index in [0.29, 0.717) is 25.4 Å². The summed E-state index contributed by atoms with van der Waals surface area (Å²) >= 11 is 0. The number of morpholine rings is 1. The lowest BCUT2D eigenvalue weighted by atomic mass is 10.2. The van der Waals surface area contributed by atoms with Gasteiger partial charge >= 0.3 is 6.09 Å². The number of amides is 1. The van der Waals surface area contributed by atoms with Gasteiger partial charge in [-0.2, -0.15) is 4.31 Å². The molecule has 0 saturated carbocycles. The third-order valence-electron chi connectivity index (χ3n) is 4.16. The van der Waals surface area contributed by atoms with E-state index in [1.807, 2.05) is 37.3 Å². The van der Waals surface area contributed by atoms with E-state index in [0.717, 1.165) is 5.56 Å². The van der Waals surface area contributed by atoms with E-state index >= 15 is 0 Å². The van der Waals surface area contributed by atoms with Gasteiger partial charge in [-0.15, -0.1) is 0 Å². The highest BCUT2D eigenvalue weighted by molar-refractivity contribution is 7.89. The summed E-state index contributed by atoms with van der Waals surface area (Å²) in [4.78, 5) is 12.1. The van der Waals surface area contributed by atoms with Gasteiger partial charge in [0.1, 0.15) is 6.61 Å². The second-order valence-electron chi connectivity index (χ2n) is 6.26. The quantitative estimate of drug-likeness (QED) is 0.849. The number of nitrogens with one attached hydrogen (secondary N) is 1. The van der Waals surface area contributed by atoms with E-state index in [-0.39, 0.29) is 17.6 Å². The van der Waals surface area contributed by atoms with Crippen molar-refractivity contribution in [2.24, 2.45) is 0 Å². The zero-order chi connectivity index (χ0) is 19.3. The Labute approximate surface area is 158 Å². The van der Waals surface area contributed by atoms with Crippen LogP contribution in [-0.4, -0.2) is 44.6 Å². The van der Waals surface area contributed by atoms with Crippen molar-refractivity contribution in [2.45, 2.75) is 24.5 Å². The van der Waals surface area contributed by atoms with Gasteiger partial charge in [0.25, 0.3) is 0 Å². The Balaban J connectivity index is 1.59. The minimum atomic E-state index is -3.58. The van der Waals surface area contributed by atoms with Crippen molar-refractivity contribution in [3.05, 3.63) is 60.2 Å². The molecular weight excluding hydrogens is 368 g/mol. The standard InChI is InChI=1S/C19H22N2O5S/c1-15-13-21(11-12-25-15)27(23,24)18-9-7-17(8-10-18)20-19(22)26-14-16-5-3-2-4-6-16/h2-10,15H,11-14H2,1H3,(H,20,22). The van der Waals surface area contributed by atoms with E-state index in [1.165, 1.54) is 16.4 Å². The highest BCUT2D eigenvalue weighted by atomic mass is 32.2. The monoisotopic (exact) mass is 390 g/mol. The SMILES string of the molecule is CC1CN(S(=O)(=O)c2ccc(NC(=O)OCc3ccccc3)cc2)CCO1. The van der Waals surface area contributed by atoms with Gasteiger partial charge < -0.3 is 9.47 Å². The number of sulfonamides is 1. The second kappa shape index (κ2) is 8.51. The highest BCUT2D eigenvalue weighted by Crippen LogP contribution is 2.20. The van der Waals surface area contributed by atoms with Crippen molar-refractivity contribution in [3.63, 3.8) is 0 Å². The Kier molecular flexibility index (Phi) is 6.10. The molecule has 1 unspecified atom stereocenters. The fraction of sp³-hybridized carbons (Fsp3) is 0.316. The third kappa shape index (κ3) is 5.06. The fourth-order valence-electron chi connectivity index (χ4n) is 2.74. The van der Waals surface area contributed by atoms with Gasteiger partial charge in [0.15, 0.2) is 0 Å². The van der Waals surface area contributed by atoms with E-state index in [1.54, 1.807) is 12.1 Å². The third-order valence-corrected chi connectivity index (χ3v) is 6.03. The molecule has 1 aliphatic rings. The lowest BCUT2D eigenvalue weighted by Crippen LogP contribution is -2.44. The average Bonchev–Trinajstić information content (AvgIpc) is 2.68. The summed E-state index contributed by atoms with van der Waals surface area (Å²) in [6.07, 6.45) is -0.731. The minimum absolute atomic E-state index is 0.131. The topological polar surface area (TPSA) is 84.9 Å². The predicted molar refractivity (Wildman–Crippen MR) is 101 cm³/mol. The summed E-state index contributed by atoms with van der Waals surface area (Å²) in [5, 5.41) is 2.59. The van der Waals surface area contributed by atoms with Crippen LogP contribution in [0.25, 0.3) is 0 Å². The zero-order valence-electron chi connectivity index (χ0n) is 15.0. The van der Waals surface area contributed by atoms with Crippen LogP contribution in [0.2, 0.25) is 0 Å². The summed E-state index contributed by atoms with van der Waals surface area (Å²) in [7, 11) is -3.58. The van der Waals surface area contributed by atoms with Gasteiger partial charge in [-0.3, -0.25) is 5.32 Å². The molecule has 1 heterocycles. The highest BCUT2D eigenvalue weighted by Gasteiger charge is 2.29. The number of carbonyl (C=O) groups excluding carboxylic acids is 1. The van der Waals surface area contributed by atoms with Crippen molar-refractivity contribution >= 4 is 21.8 Å². The molecule has 0 bridgehead atoms. The van der Waals surface area contributed by atoms with Crippen molar-refractivity contribution in [1.82, 2.24) is 4.31 Å². The first-order valence-electron chi connectivity index (χ1n) is 8.64. The number of rotatable bonds is 5. The average molecular weight is 390 g/mol. The molecule has 8 heteroatoms. The maximum atomic E-state index is 12.7. The first-order valence-corrected chi connectivity index (χ1v) is 10.1. The minimum Gasteiger partial charge on any atom is -0.444 e. The summed E-state index contributed by atoms with van der Waals surface area (Å²) in [6.45, 7) is 3.05. The second-order valence-corrected chi connectivity index (χ2v) is 8.19. The molecule has 144 valence electrons. The van der Waals surface area contributed by atoms with Gasteiger partial charge in [-0.1, -0.05) is 30.3 Å². The Morgan fingerprint density at radius 1 is 1.19 bits per heavy atom. The molecule has 0 radical (unpaired) electrons. The van der Waals surface area contributed by atoms with Crippen LogP contribution >= 0.6 is 0 Å². The summed E-state index contributed by atoms with van der Waals surface area (Å²) in [5.41, 5.74) is 1.34. The molecule has 1 N–H and O–H groups in total. The van der Waals surface area contributed by atoms with Crippen LogP contribution in [0.5, 0.6) is 0 Å². The molecule has 0 spiro atoms. The Hall–Kier alpha value is -2.42. The number of benzene rings is 2. The van der Waals surface area contributed by atoms with Gasteiger partial charge in [-0.05, 0) is 36.8 Å².